The first-order valence-corrected chi connectivity index (χ1v) is 12.2. The number of anilines is 1. The summed E-state index contributed by atoms with van der Waals surface area (Å²) in [6, 6.07) is 16.5. The van der Waals surface area contributed by atoms with Crippen LogP contribution in [0.4, 0.5) is 5.69 Å². The largest absolute Gasteiger partial charge is 0.497 e. The molecule has 37 heavy (non-hydrogen) atoms. The maximum atomic E-state index is 13.8. The molecule has 0 spiro atoms. The van der Waals surface area contributed by atoms with Crippen LogP contribution >= 0.6 is 12.2 Å². The van der Waals surface area contributed by atoms with Crippen molar-refractivity contribution in [1.82, 2.24) is 4.90 Å². The van der Waals surface area contributed by atoms with Crippen LogP contribution < -0.4 is 19.1 Å². The van der Waals surface area contributed by atoms with Crippen LogP contribution in [0, 0.1) is 0 Å². The van der Waals surface area contributed by atoms with Crippen LogP contribution in [0.1, 0.15) is 19.4 Å². The van der Waals surface area contributed by atoms with Gasteiger partial charge in [-0.1, -0.05) is 12.1 Å². The van der Waals surface area contributed by atoms with Crippen molar-refractivity contribution < 1.29 is 28.5 Å². The van der Waals surface area contributed by atoms with E-state index in [2.05, 4.69) is 0 Å². The van der Waals surface area contributed by atoms with Crippen LogP contribution in [0.5, 0.6) is 17.2 Å². The molecule has 1 aliphatic rings. The molecule has 0 unspecified atom stereocenters. The molecule has 0 radical (unpaired) electrons. The second-order valence-corrected chi connectivity index (χ2v) is 8.40. The van der Waals surface area contributed by atoms with Crippen molar-refractivity contribution in [2.45, 2.75) is 13.8 Å². The Morgan fingerprint density at radius 2 is 1.62 bits per heavy atom. The summed E-state index contributed by atoms with van der Waals surface area (Å²) in [6.07, 6.45) is 1.71. The molecule has 3 aromatic carbocycles. The van der Waals surface area contributed by atoms with E-state index in [9.17, 15) is 9.59 Å². The Morgan fingerprint density at radius 1 is 0.946 bits per heavy atom. The maximum Gasteiger partial charge on any atom is 0.325 e. The second-order valence-electron chi connectivity index (χ2n) is 8.04. The summed E-state index contributed by atoms with van der Waals surface area (Å²) in [5.74, 6) is 1.03. The molecule has 0 bridgehead atoms. The number of hydrogen-bond acceptors (Lipinski definition) is 7. The number of methoxy groups -OCH3 is 2. The van der Waals surface area contributed by atoms with Gasteiger partial charge in [0.25, 0.3) is 5.91 Å². The van der Waals surface area contributed by atoms with Crippen LogP contribution in [-0.4, -0.2) is 55.9 Å². The van der Waals surface area contributed by atoms with E-state index in [1.54, 1.807) is 37.5 Å². The van der Waals surface area contributed by atoms with Gasteiger partial charge in [-0.3, -0.25) is 14.5 Å². The van der Waals surface area contributed by atoms with Gasteiger partial charge in [-0.15, -0.1) is 0 Å². The lowest BCUT2D eigenvalue weighted by Crippen LogP contribution is -2.35. The summed E-state index contributed by atoms with van der Waals surface area (Å²) >= 11 is 5.68. The Hall–Kier alpha value is -4.11. The summed E-state index contributed by atoms with van der Waals surface area (Å²) < 4.78 is 21.8. The smallest absolute Gasteiger partial charge is 0.325 e. The number of esters is 1. The lowest BCUT2D eigenvalue weighted by Gasteiger charge is -2.19. The van der Waals surface area contributed by atoms with Gasteiger partial charge in [0.05, 0.1) is 33.1 Å². The molecule has 1 aliphatic heterocycles. The minimum absolute atomic E-state index is 0.167. The van der Waals surface area contributed by atoms with E-state index in [0.717, 1.165) is 10.8 Å². The molecular weight excluding hydrogens is 492 g/mol. The number of amides is 1. The Bertz CT molecular complexity index is 1360. The number of fused-ring (bicyclic) bond motifs is 1. The third-order valence-corrected chi connectivity index (χ3v) is 6.27. The molecule has 192 valence electrons. The molecule has 3 aromatic rings. The predicted octanol–water partition coefficient (Wildman–Crippen LogP) is 4.79. The fourth-order valence-electron chi connectivity index (χ4n) is 4.11. The van der Waals surface area contributed by atoms with Gasteiger partial charge in [-0.05, 0) is 85.4 Å². The van der Waals surface area contributed by atoms with Crippen LogP contribution in [-0.2, 0) is 14.3 Å². The molecule has 1 saturated heterocycles. The zero-order valence-electron chi connectivity index (χ0n) is 21.1. The number of ether oxygens (including phenoxy) is 4. The third-order valence-electron chi connectivity index (χ3n) is 5.87. The normalized spacial score (nSPS) is 14.4. The van der Waals surface area contributed by atoms with E-state index >= 15 is 0 Å². The topological polar surface area (TPSA) is 77.5 Å². The van der Waals surface area contributed by atoms with E-state index in [0.29, 0.717) is 41.7 Å². The van der Waals surface area contributed by atoms with Gasteiger partial charge in [0.2, 0.25) is 0 Å². The lowest BCUT2D eigenvalue weighted by molar-refractivity contribution is -0.140. The van der Waals surface area contributed by atoms with Gasteiger partial charge < -0.3 is 23.8 Å². The van der Waals surface area contributed by atoms with Crippen molar-refractivity contribution >= 4 is 51.7 Å². The van der Waals surface area contributed by atoms with Crippen LogP contribution in [0.15, 0.2) is 60.3 Å². The van der Waals surface area contributed by atoms with Crippen molar-refractivity contribution in [3.63, 3.8) is 0 Å². The highest BCUT2D eigenvalue weighted by molar-refractivity contribution is 7.80. The first-order chi connectivity index (χ1) is 17.9. The molecule has 1 amide bonds. The van der Waals surface area contributed by atoms with Gasteiger partial charge in [0, 0.05) is 5.56 Å². The summed E-state index contributed by atoms with van der Waals surface area (Å²) in [7, 11) is 2.86. The van der Waals surface area contributed by atoms with E-state index in [1.807, 2.05) is 44.2 Å². The molecule has 1 fully saturated rings. The molecule has 0 aromatic heterocycles. The Kier molecular flexibility index (Phi) is 7.93. The zero-order valence-corrected chi connectivity index (χ0v) is 22.0. The molecule has 0 aliphatic carbocycles. The molecule has 9 heteroatoms. The summed E-state index contributed by atoms with van der Waals surface area (Å²) in [6.45, 7) is 4.54. The van der Waals surface area contributed by atoms with Gasteiger partial charge >= 0.3 is 5.97 Å². The zero-order chi connectivity index (χ0) is 26.5. The number of carbonyl (C=O) groups is 2. The number of carbonyl (C=O) groups excluding carboxylic acids is 2. The molecule has 1 heterocycles. The molecule has 0 saturated carbocycles. The average Bonchev–Trinajstić information content (AvgIpc) is 3.14. The SMILES string of the molecule is CCOc1ccc2ccc(OCC)c(/C=C3/C(=O)N(c4ccc(OC)cc4)C(=S)N3CC(=O)OC)c2c1. The van der Waals surface area contributed by atoms with Crippen LogP contribution in [0.25, 0.3) is 16.8 Å². The highest BCUT2D eigenvalue weighted by Gasteiger charge is 2.40. The average molecular weight is 521 g/mol. The number of benzene rings is 3. The molecule has 8 nitrogen and oxygen atoms in total. The van der Waals surface area contributed by atoms with Gasteiger partial charge in [-0.25, -0.2) is 0 Å². The predicted molar refractivity (Wildman–Crippen MR) is 146 cm³/mol. The van der Waals surface area contributed by atoms with Gasteiger partial charge in [0.15, 0.2) is 5.11 Å². The fourth-order valence-corrected chi connectivity index (χ4v) is 4.46. The Morgan fingerprint density at radius 3 is 2.27 bits per heavy atom. The monoisotopic (exact) mass is 520 g/mol. The van der Waals surface area contributed by atoms with E-state index in [-0.39, 0.29) is 23.3 Å². The quantitative estimate of drug-likeness (QED) is 0.226. The summed E-state index contributed by atoms with van der Waals surface area (Å²) in [5.41, 5.74) is 1.45. The summed E-state index contributed by atoms with van der Waals surface area (Å²) in [5, 5.41) is 1.95. The lowest BCUT2D eigenvalue weighted by atomic mass is 10.0. The first-order valence-electron chi connectivity index (χ1n) is 11.8. The Balaban J connectivity index is 1.89. The second kappa shape index (κ2) is 11.3. The molecular formula is C28H28N2O6S. The van der Waals surface area contributed by atoms with E-state index < -0.39 is 5.97 Å². The number of nitrogens with zero attached hydrogens (tertiary/aromatic N) is 2. The van der Waals surface area contributed by atoms with Gasteiger partial charge in [-0.2, -0.15) is 0 Å². The summed E-state index contributed by atoms with van der Waals surface area (Å²) in [4.78, 5) is 29.0. The fraction of sp³-hybridized carbons (Fsp3) is 0.250. The number of thiocarbonyl (C=S) groups is 1. The highest BCUT2D eigenvalue weighted by Crippen LogP contribution is 2.36. The van der Waals surface area contributed by atoms with Crippen LogP contribution in [0.2, 0.25) is 0 Å². The number of hydrogen-bond donors (Lipinski definition) is 0. The third kappa shape index (κ3) is 5.22. The highest BCUT2D eigenvalue weighted by atomic mass is 32.1. The standard InChI is InChI=1S/C28H28N2O6S/c1-5-35-21-11-7-18-8-14-25(36-6-2)23(22(18)15-21)16-24-27(32)30(19-9-12-20(33-3)13-10-19)28(37)29(24)17-26(31)34-4/h7-16H,5-6,17H2,1-4H3/b24-16-. The van der Waals surface area contributed by atoms with Crippen molar-refractivity contribution in [2.75, 3.05) is 38.9 Å². The molecule has 4 rings (SSSR count). The number of rotatable bonds is 9. The first kappa shape index (κ1) is 26.0. The van der Waals surface area contributed by atoms with E-state index in [1.165, 1.54) is 16.9 Å². The molecule has 0 atom stereocenters. The minimum atomic E-state index is -0.529. The van der Waals surface area contributed by atoms with Gasteiger partial charge in [0.1, 0.15) is 29.5 Å². The van der Waals surface area contributed by atoms with Crippen LogP contribution in [0.3, 0.4) is 0 Å². The van der Waals surface area contributed by atoms with Crippen molar-refractivity contribution in [1.29, 1.82) is 0 Å². The van der Waals surface area contributed by atoms with Crippen molar-refractivity contribution in [3.8, 4) is 17.2 Å². The van der Waals surface area contributed by atoms with Crippen molar-refractivity contribution in [2.24, 2.45) is 0 Å². The van der Waals surface area contributed by atoms with Crippen molar-refractivity contribution in [3.05, 3.63) is 65.9 Å². The van der Waals surface area contributed by atoms with E-state index in [4.69, 9.17) is 31.2 Å². The maximum absolute atomic E-state index is 13.8. The molecule has 0 N–H and O–H groups in total. The Labute approximate surface area is 221 Å². The minimum Gasteiger partial charge on any atom is -0.497 e.